The summed E-state index contributed by atoms with van der Waals surface area (Å²) in [5.41, 5.74) is 7.88. The number of benzene rings is 2. The molecule has 2 aromatic rings. The lowest BCUT2D eigenvalue weighted by Gasteiger charge is -2.17. The number of carbonyl (C=O) groups is 2. The highest BCUT2D eigenvalue weighted by Gasteiger charge is 2.34. The standard InChI is InChI=1S/C23H28N2O3/c1-17(26)18-9-11-21(12-10-18)28-13-5-8-23(27)25-15-20(14-24)22(16-25)19-6-3-2-4-7-19/h2-4,6-7,9-12,20,22H,5,8,13-16,24H2,1H3/t20-,22+/m1/s1. The Labute approximate surface area is 166 Å². The number of Topliss-reactive ketones (excluding diaryl/α,β-unsaturated/α-hetero) is 1. The molecule has 2 atom stereocenters. The SMILES string of the molecule is CC(=O)c1ccc(OCCCC(=O)N2C[C@@H](CN)[C@H](c3ccccc3)C2)cc1. The van der Waals surface area contributed by atoms with E-state index in [-0.39, 0.29) is 11.7 Å². The molecular formula is C23H28N2O3. The molecule has 0 unspecified atom stereocenters. The zero-order valence-corrected chi connectivity index (χ0v) is 16.3. The number of carbonyl (C=O) groups excluding carboxylic acids is 2. The van der Waals surface area contributed by atoms with E-state index >= 15 is 0 Å². The van der Waals surface area contributed by atoms with E-state index < -0.39 is 0 Å². The van der Waals surface area contributed by atoms with Crippen molar-refractivity contribution in [2.24, 2.45) is 11.7 Å². The fourth-order valence-corrected chi connectivity index (χ4v) is 3.75. The predicted molar refractivity (Wildman–Crippen MR) is 109 cm³/mol. The first-order chi connectivity index (χ1) is 13.6. The number of hydrogen-bond donors (Lipinski definition) is 1. The second kappa shape index (κ2) is 9.51. The molecule has 0 radical (unpaired) electrons. The largest absolute Gasteiger partial charge is 0.494 e. The van der Waals surface area contributed by atoms with Crippen molar-refractivity contribution in [1.82, 2.24) is 4.90 Å². The predicted octanol–water partition coefficient (Wildman–Crippen LogP) is 3.25. The molecule has 148 valence electrons. The highest BCUT2D eigenvalue weighted by molar-refractivity contribution is 5.94. The van der Waals surface area contributed by atoms with Gasteiger partial charge in [-0.3, -0.25) is 9.59 Å². The Hall–Kier alpha value is -2.66. The van der Waals surface area contributed by atoms with Gasteiger partial charge in [-0.05, 0) is 55.6 Å². The summed E-state index contributed by atoms with van der Waals surface area (Å²) < 4.78 is 5.68. The molecule has 2 N–H and O–H groups in total. The number of rotatable bonds is 8. The van der Waals surface area contributed by atoms with Gasteiger partial charge in [0.05, 0.1) is 6.61 Å². The Morgan fingerprint density at radius 1 is 1.07 bits per heavy atom. The van der Waals surface area contributed by atoms with Gasteiger partial charge in [-0.15, -0.1) is 0 Å². The highest BCUT2D eigenvalue weighted by atomic mass is 16.5. The number of ketones is 1. The lowest BCUT2D eigenvalue weighted by molar-refractivity contribution is -0.130. The van der Waals surface area contributed by atoms with Crippen LogP contribution in [0.5, 0.6) is 5.75 Å². The summed E-state index contributed by atoms with van der Waals surface area (Å²) in [7, 11) is 0. The van der Waals surface area contributed by atoms with Crippen LogP contribution in [0.15, 0.2) is 54.6 Å². The first-order valence-electron chi connectivity index (χ1n) is 9.85. The van der Waals surface area contributed by atoms with Crippen LogP contribution in [0.3, 0.4) is 0 Å². The lowest BCUT2D eigenvalue weighted by Crippen LogP contribution is -2.29. The molecule has 1 aliphatic rings. The first kappa shape index (κ1) is 20.1. The quantitative estimate of drug-likeness (QED) is 0.564. The van der Waals surface area contributed by atoms with E-state index in [1.807, 2.05) is 23.1 Å². The molecule has 5 heteroatoms. The van der Waals surface area contributed by atoms with Crippen LogP contribution >= 0.6 is 0 Å². The number of likely N-dealkylation sites (tertiary alicyclic amines) is 1. The second-order valence-electron chi connectivity index (χ2n) is 7.34. The fraction of sp³-hybridized carbons (Fsp3) is 0.391. The molecule has 0 spiro atoms. The number of nitrogens with zero attached hydrogens (tertiary/aromatic N) is 1. The maximum absolute atomic E-state index is 12.6. The van der Waals surface area contributed by atoms with E-state index in [4.69, 9.17) is 10.5 Å². The molecule has 0 saturated carbocycles. The van der Waals surface area contributed by atoms with Gasteiger partial charge in [0.2, 0.25) is 5.91 Å². The fourth-order valence-electron chi connectivity index (χ4n) is 3.75. The zero-order valence-electron chi connectivity index (χ0n) is 16.3. The molecule has 1 amide bonds. The van der Waals surface area contributed by atoms with E-state index in [0.29, 0.717) is 49.1 Å². The van der Waals surface area contributed by atoms with E-state index in [1.165, 1.54) is 12.5 Å². The summed E-state index contributed by atoms with van der Waals surface area (Å²) in [6.45, 7) is 4.06. The Morgan fingerprint density at radius 2 is 1.79 bits per heavy atom. The minimum absolute atomic E-state index is 0.0346. The van der Waals surface area contributed by atoms with Crippen molar-refractivity contribution in [3.8, 4) is 5.75 Å². The van der Waals surface area contributed by atoms with E-state index in [0.717, 1.165) is 13.1 Å². The van der Waals surface area contributed by atoms with Crippen molar-refractivity contribution < 1.29 is 14.3 Å². The molecule has 1 fully saturated rings. The molecule has 1 heterocycles. The lowest BCUT2D eigenvalue weighted by atomic mass is 9.89. The number of hydrogen-bond acceptors (Lipinski definition) is 4. The van der Waals surface area contributed by atoms with Crippen LogP contribution in [0.25, 0.3) is 0 Å². The molecule has 0 aliphatic carbocycles. The van der Waals surface area contributed by atoms with E-state index in [2.05, 4.69) is 12.1 Å². The minimum atomic E-state index is 0.0346. The van der Waals surface area contributed by atoms with Gasteiger partial charge >= 0.3 is 0 Å². The molecule has 2 aromatic carbocycles. The second-order valence-corrected chi connectivity index (χ2v) is 7.34. The third kappa shape index (κ3) is 4.98. The maximum Gasteiger partial charge on any atom is 0.222 e. The molecule has 28 heavy (non-hydrogen) atoms. The Kier molecular flexibility index (Phi) is 6.82. The summed E-state index contributed by atoms with van der Waals surface area (Å²) in [4.78, 5) is 25.8. The van der Waals surface area contributed by atoms with Gasteiger partial charge in [-0.25, -0.2) is 0 Å². The van der Waals surface area contributed by atoms with Crippen molar-refractivity contribution in [3.63, 3.8) is 0 Å². The normalized spacial score (nSPS) is 18.9. The van der Waals surface area contributed by atoms with Crippen LogP contribution in [0.4, 0.5) is 0 Å². The summed E-state index contributed by atoms with van der Waals surface area (Å²) in [5, 5.41) is 0. The first-order valence-corrected chi connectivity index (χ1v) is 9.85. The minimum Gasteiger partial charge on any atom is -0.494 e. The van der Waals surface area contributed by atoms with Crippen molar-refractivity contribution in [1.29, 1.82) is 0 Å². The average Bonchev–Trinajstić information content (AvgIpc) is 3.16. The zero-order chi connectivity index (χ0) is 19.9. The smallest absolute Gasteiger partial charge is 0.222 e. The van der Waals surface area contributed by atoms with Crippen LogP contribution in [0, 0.1) is 5.92 Å². The third-order valence-corrected chi connectivity index (χ3v) is 5.39. The van der Waals surface area contributed by atoms with Gasteiger partial charge in [-0.2, -0.15) is 0 Å². The molecule has 0 bridgehead atoms. The Balaban J connectivity index is 1.45. The number of nitrogens with two attached hydrogens (primary N) is 1. The summed E-state index contributed by atoms with van der Waals surface area (Å²) >= 11 is 0. The van der Waals surface area contributed by atoms with Crippen LogP contribution in [-0.4, -0.2) is 42.8 Å². The molecule has 1 aliphatic heterocycles. The summed E-state index contributed by atoms with van der Waals surface area (Å²) in [6, 6.07) is 17.4. The van der Waals surface area contributed by atoms with Gasteiger partial charge in [0.15, 0.2) is 5.78 Å². The Morgan fingerprint density at radius 3 is 2.43 bits per heavy atom. The van der Waals surface area contributed by atoms with Crippen molar-refractivity contribution >= 4 is 11.7 Å². The monoisotopic (exact) mass is 380 g/mol. The molecule has 5 nitrogen and oxygen atoms in total. The van der Waals surface area contributed by atoms with Gasteiger partial charge in [0.1, 0.15) is 5.75 Å². The van der Waals surface area contributed by atoms with Crippen molar-refractivity contribution in [2.75, 3.05) is 26.2 Å². The maximum atomic E-state index is 12.6. The number of amides is 1. The van der Waals surface area contributed by atoms with E-state index in [1.54, 1.807) is 24.3 Å². The van der Waals surface area contributed by atoms with Gasteiger partial charge in [-0.1, -0.05) is 30.3 Å². The van der Waals surface area contributed by atoms with E-state index in [9.17, 15) is 9.59 Å². The Bertz CT molecular complexity index is 789. The van der Waals surface area contributed by atoms with Crippen LogP contribution in [0.1, 0.15) is 41.6 Å². The third-order valence-electron chi connectivity index (χ3n) is 5.39. The topological polar surface area (TPSA) is 72.6 Å². The average molecular weight is 380 g/mol. The van der Waals surface area contributed by atoms with Gasteiger partial charge in [0.25, 0.3) is 0 Å². The van der Waals surface area contributed by atoms with Gasteiger partial charge < -0.3 is 15.4 Å². The molecule has 1 saturated heterocycles. The molecule has 3 rings (SSSR count). The summed E-state index contributed by atoms with van der Waals surface area (Å²) in [5.74, 6) is 1.53. The van der Waals surface area contributed by atoms with Crippen LogP contribution in [-0.2, 0) is 4.79 Å². The van der Waals surface area contributed by atoms with Gasteiger partial charge in [0, 0.05) is 31.0 Å². The highest BCUT2D eigenvalue weighted by Crippen LogP contribution is 2.32. The van der Waals surface area contributed by atoms with Crippen molar-refractivity contribution in [3.05, 3.63) is 65.7 Å². The summed E-state index contributed by atoms with van der Waals surface area (Å²) in [6.07, 6.45) is 1.12. The molecular weight excluding hydrogens is 352 g/mol. The number of ether oxygens (including phenoxy) is 1. The molecule has 0 aromatic heterocycles. The van der Waals surface area contributed by atoms with Crippen LogP contribution in [0.2, 0.25) is 0 Å². The van der Waals surface area contributed by atoms with Crippen molar-refractivity contribution in [2.45, 2.75) is 25.7 Å². The van der Waals surface area contributed by atoms with Crippen LogP contribution < -0.4 is 10.5 Å².